The smallest absolute Gasteiger partial charge is 0.375 e. The van der Waals surface area contributed by atoms with Crippen LogP contribution in [0.3, 0.4) is 0 Å². The molecule has 0 saturated heterocycles. The van der Waals surface area contributed by atoms with Gasteiger partial charge in [-0.3, -0.25) is 4.79 Å². The van der Waals surface area contributed by atoms with Gasteiger partial charge < -0.3 is 14.1 Å². The number of carbonyl (C=O) groups is 2. The third kappa shape index (κ3) is 4.16. The molecule has 0 atom stereocenters. The van der Waals surface area contributed by atoms with Crippen LogP contribution in [0.5, 0.6) is 0 Å². The van der Waals surface area contributed by atoms with E-state index >= 15 is 0 Å². The predicted octanol–water partition coefficient (Wildman–Crippen LogP) is 4.50. The molecule has 28 heavy (non-hydrogen) atoms. The summed E-state index contributed by atoms with van der Waals surface area (Å²) < 4.78 is 10.7. The van der Waals surface area contributed by atoms with E-state index in [0.717, 1.165) is 5.39 Å². The molecule has 0 unspecified atom stereocenters. The third-order valence-electron chi connectivity index (χ3n) is 4.22. The number of hydrogen-bond donors (Lipinski definition) is 0. The molecule has 0 aliphatic rings. The summed E-state index contributed by atoms with van der Waals surface area (Å²) in [6, 6.07) is 16.0. The lowest BCUT2D eigenvalue weighted by molar-refractivity contribution is -0.121. The van der Waals surface area contributed by atoms with Gasteiger partial charge in [-0.25, -0.2) is 4.79 Å². The van der Waals surface area contributed by atoms with Gasteiger partial charge in [-0.15, -0.1) is 0 Å². The van der Waals surface area contributed by atoms with Gasteiger partial charge in [0.25, 0.3) is 5.91 Å². The van der Waals surface area contributed by atoms with E-state index in [1.54, 1.807) is 37.3 Å². The minimum Gasteiger partial charge on any atom is -0.450 e. The van der Waals surface area contributed by atoms with E-state index in [2.05, 4.69) is 0 Å². The molecule has 0 aliphatic carbocycles. The van der Waals surface area contributed by atoms with Crippen molar-refractivity contribution in [1.82, 2.24) is 0 Å². The Morgan fingerprint density at radius 3 is 2.71 bits per heavy atom. The summed E-state index contributed by atoms with van der Waals surface area (Å²) >= 11 is 5.99. The summed E-state index contributed by atoms with van der Waals surface area (Å²) in [4.78, 5) is 26.4. The molecule has 0 radical (unpaired) electrons. The van der Waals surface area contributed by atoms with Crippen LogP contribution in [0.15, 0.2) is 52.9 Å². The normalized spacial score (nSPS) is 10.5. The first-order valence-electron chi connectivity index (χ1n) is 8.59. The second kappa shape index (κ2) is 8.59. The van der Waals surface area contributed by atoms with Crippen LogP contribution in [-0.2, 0) is 9.53 Å². The van der Waals surface area contributed by atoms with Crippen molar-refractivity contribution < 1.29 is 18.7 Å². The number of para-hydroxylation sites is 1. The zero-order valence-electron chi connectivity index (χ0n) is 15.1. The number of nitrogens with zero attached hydrogens (tertiary/aromatic N) is 2. The molecule has 0 saturated carbocycles. The standard InChI is InChI=1S/C21H17ClN2O4/c1-14-17-8-2-3-9-18(17)28-20(14)21(26)27-13-19(25)24(11-5-10-23)16-7-4-6-15(22)12-16/h2-4,6-9,12H,5,11,13H2,1H3. The fraction of sp³-hybridized carbons (Fsp3) is 0.190. The summed E-state index contributed by atoms with van der Waals surface area (Å²) in [7, 11) is 0. The number of esters is 1. The summed E-state index contributed by atoms with van der Waals surface area (Å²) in [5, 5.41) is 10.1. The Morgan fingerprint density at radius 2 is 2.00 bits per heavy atom. The van der Waals surface area contributed by atoms with Crippen LogP contribution in [0, 0.1) is 18.3 Å². The number of benzene rings is 2. The monoisotopic (exact) mass is 396 g/mol. The molecule has 3 rings (SSSR count). The Morgan fingerprint density at radius 1 is 1.21 bits per heavy atom. The van der Waals surface area contributed by atoms with E-state index in [-0.39, 0.29) is 18.7 Å². The van der Waals surface area contributed by atoms with Crippen LogP contribution in [0.25, 0.3) is 11.0 Å². The predicted molar refractivity (Wildman–Crippen MR) is 105 cm³/mol. The maximum absolute atomic E-state index is 12.6. The number of aryl methyl sites for hydroxylation is 1. The highest BCUT2D eigenvalue weighted by atomic mass is 35.5. The Balaban J connectivity index is 1.73. The number of carbonyl (C=O) groups excluding carboxylic acids is 2. The molecule has 1 amide bonds. The van der Waals surface area contributed by atoms with E-state index in [4.69, 9.17) is 26.0 Å². The number of nitriles is 1. The second-order valence-corrected chi connectivity index (χ2v) is 6.50. The largest absolute Gasteiger partial charge is 0.450 e. The molecule has 0 aliphatic heterocycles. The molecule has 0 spiro atoms. The minimum absolute atomic E-state index is 0.0698. The fourth-order valence-corrected chi connectivity index (χ4v) is 3.03. The van der Waals surface area contributed by atoms with E-state index in [1.165, 1.54) is 4.90 Å². The number of rotatable bonds is 6. The molecule has 7 heteroatoms. The molecule has 0 bridgehead atoms. The van der Waals surface area contributed by atoms with Crippen LogP contribution in [0.4, 0.5) is 5.69 Å². The molecular formula is C21H17ClN2O4. The quantitative estimate of drug-likeness (QED) is 0.573. The lowest BCUT2D eigenvalue weighted by atomic mass is 10.1. The van der Waals surface area contributed by atoms with Crippen LogP contribution in [0.2, 0.25) is 5.02 Å². The summed E-state index contributed by atoms with van der Waals surface area (Å²) in [5.41, 5.74) is 1.76. The van der Waals surface area contributed by atoms with Crippen molar-refractivity contribution in [1.29, 1.82) is 5.26 Å². The van der Waals surface area contributed by atoms with E-state index < -0.39 is 18.5 Å². The number of hydrogen-bond acceptors (Lipinski definition) is 5. The number of amides is 1. The van der Waals surface area contributed by atoms with Gasteiger partial charge >= 0.3 is 5.97 Å². The van der Waals surface area contributed by atoms with Gasteiger partial charge in [0.15, 0.2) is 6.61 Å². The molecule has 3 aromatic rings. The first-order valence-corrected chi connectivity index (χ1v) is 8.97. The van der Waals surface area contributed by atoms with Crippen molar-refractivity contribution >= 4 is 40.1 Å². The molecule has 0 fully saturated rings. The average Bonchev–Trinajstić information content (AvgIpc) is 3.03. The van der Waals surface area contributed by atoms with Crippen molar-refractivity contribution in [3.63, 3.8) is 0 Å². The van der Waals surface area contributed by atoms with E-state index in [0.29, 0.717) is 21.9 Å². The van der Waals surface area contributed by atoms with E-state index in [9.17, 15) is 9.59 Å². The minimum atomic E-state index is -0.714. The van der Waals surface area contributed by atoms with Gasteiger partial charge in [-0.05, 0) is 31.2 Å². The molecule has 6 nitrogen and oxygen atoms in total. The summed E-state index contributed by atoms with van der Waals surface area (Å²) in [6.45, 7) is 1.44. The molecule has 1 heterocycles. The molecular weight excluding hydrogens is 380 g/mol. The number of furan rings is 1. The topological polar surface area (TPSA) is 83.5 Å². The van der Waals surface area contributed by atoms with Crippen molar-refractivity contribution in [3.05, 3.63) is 64.9 Å². The summed E-state index contributed by atoms with van der Waals surface area (Å²) in [5.74, 6) is -1.10. The van der Waals surface area contributed by atoms with E-state index in [1.807, 2.05) is 24.3 Å². The molecule has 0 N–H and O–H groups in total. The van der Waals surface area contributed by atoms with Gasteiger partial charge in [-0.1, -0.05) is 35.9 Å². The van der Waals surface area contributed by atoms with Crippen molar-refractivity contribution in [3.8, 4) is 6.07 Å². The maximum atomic E-state index is 12.6. The van der Waals surface area contributed by atoms with Gasteiger partial charge in [0, 0.05) is 28.2 Å². The second-order valence-electron chi connectivity index (χ2n) is 6.06. The van der Waals surface area contributed by atoms with Gasteiger partial charge in [0.05, 0.1) is 12.5 Å². The highest BCUT2D eigenvalue weighted by molar-refractivity contribution is 6.30. The highest BCUT2D eigenvalue weighted by Gasteiger charge is 2.22. The highest BCUT2D eigenvalue weighted by Crippen LogP contribution is 2.25. The zero-order valence-corrected chi connectivity index (χ0v) is 15.9. The Bertz CT molecular complexity index is 1070. The van der Waals surface area contributed by atoms with Crippen LogP contribution >= 0.6 is 11.6 Å². The lowest BCUT2D eigenvalue weighted by Crippen LogP contribution is -2.35. The SMILES string of the molecule is Cc1c(C(=O)OCC(=O)N(CCC#N)c2cccc(Cl)c2)oc2ccccc12. The van der Waals surface area contributed by atoms with Gasteiger partial charge in [-0.2, -0.15) is 5.26 Å². The number of anilines is 1. The maximum Gasteiger partial charge on any atom is 0.375 e. The van der Waals surface area contributed by atoms with Crippen molar-refractivity contribution in [2.45, 2.75) is 13.3 Å². The Hall–Kier alpha value is -3.30. The third-order valence-corrected chi connectivity index (χ3v) is 4.46. The van der Waals surface area contributed by atoms with Gasteiger partial charge in [0.2, 0.25) is 5.76 Å². The average molecular weight is 397 g/mol. The first-order chi connectivity index (χ1) is 13.5. The number of fused-ring (bicyclic) bond motifs is 1. The van der Waals surface area contributed by atoms with Crippen molar-refractivity contribution in [2.24, 2.45) is 0 Å². The van der Waals surface area contributed by atoms with Crippen LogP contribution < -0.4 is 4.90 Å². The fourth-order valence-electron chi connectivity index (χ4n) is 2.84. The number of ether oxygens (including phenoxy) is 1. The first kappa shape index (κ1) is 19.5. The van der Waals surface area contributed by atoms with Crippen LogP contribution in [-0.4, -0.2) is 25.0 Å². The van der Waals surface area contributed by atoms with Crippen LogP contribution in [0.1, 0.15) is 22.5 Å². The summed E-state index contributed by atoms with van der Waals surface area (Å²) in [6.07, 6.45) is 0.134. The van der Waals surface area contributed by atoms with Crippen molar-refractivity contribution in [2.75, 3.05) is 18.1 Å². The lowest BCUT2D eigenvalue weighted by Gasteiger charge is -2.21. The molecule has 1 aromatic heterocycles. The Kier molecular flexibility index (Phi) is 5.97. The molecule has 2 aromatic carbocycles. The Labute approximate surface area is 166 Å². The van der Waals surface area contributed by atoms with Gasteiger partial charge in [0.1, 0.15) is 5.58 Å². The number of halogens is 1. The zero-order chi connectivity index (χ0) is 20.1. The molecule has 142 valence electrons.